The minimum atomic E-state index is -0.0396. The predicted octanol–water partition coefficient (Wildman–Crippen LogP) is 4.10. The van der Waals surface area contributed by atoms with E-state index in [9.17, 15) is 4.79 Å². The average molecular weight is 377 g/mol. The molecule has 0 saturated carbocycles. The lowest BCUT2D eigenvalue weighted by Gasteiger charge is -2.28. The number of ether oxygens (including phenoxy) is 1. The van der Waals surface area contributed by atoms with Crippen LogP contribution in [0.25, 0.3) is 10.9 Å². The van der Waals surface area contributed by atoms with Crippen molar-refractivity contribution in [2.75, 3.05) is 36.5 Å². The van der Waals surface area contributed by atoms with Crippen LogP contribution < -0.4 is 15.8 Å². The molecule has 0 radical (unpaired) electrons. The van der Waals surface area contributed by atoms with E-state index in [1.807, 2.05) is 12.1 Å². The number of H-pyrrole nitrogens is 1. The molecule has 4 rings (SSSR count). The molecule has 28 heavy (non-hydrogen) atoms. The van der Waals surface area contributed by atoms with Crippen molar-refractivity contribution >= 4 is 22.3 Å². The fraction of sp³-hybridized carbons (Fsp3) is 0.348. The highest BCUT2D eigenvalue weighted by Gasteiger charge is 2.11. The third-order valence-electron chi connectivity index (χ3n) is 5.34. The molecule has 1 saturated heterocycles. The molecule has 0 amide bonds. The summed E-state index contributed by atoms with van der Waals surface area (Å²) in [5.41, 5.74) is 5.07. The molecule has 3 aromatic rings. The van der Waals surface area contributed by atoms with Crippen LogP contribution in [0.3, 0.4) is 0 Å². The number of benzene rings is 2. The van der Waals surface area contributed by atoms with Crippen molar-refractivity contribution in [2.24, 2.45) is 0 Å². The van der Waals surface area contributed by atoms with Crippen molar-refractivity contribution in [3.63, 3.8) is 0 Å². The normalized spacial score (nSPS) is 14.6. The Morgan fingerprint density at radius 2 is 1.82 bits per heavy atom. The monoisotopic (exact) mass is 377 g/mol. The van der Waals surface area contributed by atoms with E-state index in [2.05, 4.69) is 65.4 Å². The SMILES string of the molecule is CC(C)c1ccc2[nH]c(=O)c(CNc3ccc(N4CCOCC4)cc3)cc2c1. The van der Waals surface area contributed by atoms with Gasteiger partial charge < -0.3 is 19.9 Å². The second-order valence-corrected chi connectivity index (χ2v) is 7.62. The quantitative estimate of drug-likeness (QED) is 0.703. The number of nitrogens with zero attached hydrogens (tertiary/aromatic N) is 1. The van der Waals surface area contributed by atoms with Gasteiger partial charge in [-0.05, 0) is 59.3 Å². The number of aromatic amines is 1. The number of pyridine rings is 1. The van der Waals surface area contributed by atoms with E-state index in [1.54, 1.807) is 0 Å². The minimum absolute atomic E-state index is 0.0396. The van der Waals surface area contributed by atoms with Gasteiger partial charge in [0.25, 0.3) is 5.56 Å². The average Bonchev–Trinajstić information content (AvgIpc) is 2.73. The van der Waals surface area contributed by atoms with Crippen LogP contribution in [-0.4, -0.2) is 31.3 Å². The molecule has 0 spiro atoms. The molecular formula is C23H27N3O2. The van der Waals surface area contributed by atoms with Crippen molar-refractivity contribution in [1.82, 2.24) is 4.98 Å². The van der Waals surface area contributed by atoms with Crippen LogP contribution in [-0.2, 0) is 11.3 Å². The summed E-state index contributed by atoms with van der Waals surface area (Å²) >= 11 is 0. The van der Waals surface area contributed by atoms with Crippen molar-refractivity contribution < 1.29 is 4.74 Å². The Morgan fingerprint density at radius 1 is 1.07 bits per heavy atom. The first-order valence-corrected chi connectivity index (χ1v) is 9.92. The largest absolute Gasteiger partial charge is 0.381 e. The first-order chi connectivity index (χ1) is 13.6. The van der Waals surface area contributed by atoms with Gasteiger partial charge in [-0.3, -0.25) is 4.79 Å². The van der Waals surface area contributed by atoms with Gasteiger partial charge in [0.1, 0.15) is 0 Å². The van der Waals surface area contributed by atoms with Gasteiger partial charge >= 0.3 is 0 Å². The molecule has 1 fully saturated rings. The number of hydrogen-bond acceptors (Lipinski definition) is 4. The molecule has 1 aliphatic heterocycles. The number of morpholine rings is 1. The Labute approximate surface area is 165 Å². The number of nitrogens with one attached hydrogen (secondary N) is 2. The van der Waals surface area contributed by atoms with Crippen molar-refractivity contribution in [3.05, 3.63) is 70.0 Å². The minimum Gasteiger partial charge on any atom is -0.381 e. The zero-order chi connectivity index (χ0) is 19.5. The lowest BCUT2D eigenvalue weighted by Crippen LogP contribution is -2.36. The number of anilines is 2. The van der Waals surface area contributed by atoms with E-state index >= 15 is 0 Å². The van der Waals surface area contributed by atoms with E-state index in [1.165, 1.54) is 11.3 Å². The summed E-state index contributed by atoms with van der Waals surface area (Å²) < 4.78 is 5.41. The summed E-state index contributed by atoms with van der Waals surface area (Å²) in [5, 5.41) is 4.45. The van der Waals surface area contributed by atoms with Crippen LogP contribution in [0.5, 0.6) is 0 Å². The van der Waals surface area contributed by atoms with Gasteiger partial charge in [-0.15, -0.1) is 0 Å². The maximum absolute atomic E-state index is 12.4. The first-order valence-electron chi connectivity index (χ1n) is 9.92. The number of aromatic nitrogens is 1. The summed E-state index contributed by atoms with van der Waals surface area (Å²) in [4.78, 5) is 17.7. The fourth-order valence-electron chi connectivity index (χ4n) is 3.57. The molecule has 2 aromatic carbocycles. The van der Waals surface area contributed by atoms with E-state index in [-0.39, 0.29) is 5.56 Å². The first kappa shape index (κ1) is 18.6. The molecule has 146 valence electrons. The molecule has 5 heteroatoms. The van der Waals surface area contributed by atoms with E-state index < -0.39 is 0 Å². The van der Waals surface area contributed by atoms with Crippen LogP contribution in [0.4, 0.5) is 11.4 Å². The second-order valence-electron chi connectivity index (χ2n) is 7.62. The highest BCUT2D eigenvalue weighted by molar-refractivity contribution is 5.80. The highest BCUT2D eigenvalue weighted by atomic mass is 16.5. The van der Waals surface area contributed by atoms with E-state index in [0.717, 1.165) is 48.5 Å². The fourth-order valence-corrected chi connectivity index (χ4v) is 3.57. The number of fused-ring (bicyclic) bond motifs is 1. The Balaban J connectivity index is 1.48. The summed E-state index contributed by atoms with van der Waals surface area (Å²) in [6, 6.07) is 16.6. The summed E-state index contributed by atoms with van der Waals surface area (Å²) in [7, 11) is 0. The predicted molar refractivity (Wildman–Crippen MR) is 115 cm³/mol. The van der Waals surface area contributed by atoms with E-state index in [4.69, 9.17) is 4.74 Å². The lowest BCUT2D eigenvalue weighted by atomic mass is 10.0. The molecule has 5 nitrogen and oxygen atoms in total. The van der Waals surface area contributed by atoms with Crippen LogP contribution in [0.15, 0.2) is 53.3 Å². The van der Waals surface area contributed by atoms with Gasteiger partial charge in [0, 0.05) is 42.1 Å². The van der Waals surface area contributed by atoms with Gasteiger partial charge in [0.05, 0.1) is 13.2 Å². The zero-order valence-corrected chi connectivity index (χ0v) is 16.5. The molecule has 1 aliphatic rings. The lowest BCUT2D eigenvalue weighted by molar-refractivity contribution is 0.122. The Bertz CT molecular complexity index is 1000. The third-order valence-corrected chi connectivity index (χ3v) is 5.34. The Morgan fingerprint density at radius 3 is 2.54 bits per heavy atom. The summed E-state index contributed by atoms with van der Waals surface area (Å²) in [5.74, 6) is 0.461. The molecule has 0 unspecified atom stereocenters. The van der Waals surface area contributed by atoms with Gasteiger partial charge in [-0.1, -0.05) is 19.9 Å². The van der Waals surface area contributed by atoms with Gasteiger partial charge in [0.15, 0.2) is 0 Å². The van der Waals surface area contributed by atoms with Crippen molar-refractivity contribution in [1.29, 1.82) is 0 Å². The van der Waals surface area contributed by atoms with Crippen molar-refractivity contribution in [3.8, 4) is 0 Å². The van der Waals surface area contributed by atoms with Crippen molar-refractivity contribution in [2.45, 2.75) is 26.3 Å². The molecule has 0 bridgehead atoms. The smallest absolute Gasteiger partial charge is 0.253 e. The molecular weight excluding hydrogens is 350 g/mol. The van der Waals surface area contributed by atoms with Gasteiger partial charge in [-0.2, -0.15) is 0 Å². The molecule has 1 aromatic heterocycles. The maximum atomic E-state index is 12.4. The zero-order valence-electron chi connectivity index (χ0n) is 16.5. The second kappa shape index (κ2) is 8.07. The molecule has 2 heterocycles. The van der Waals surface area contributed by atoms with E-state index in [0.29, 0.717) is 12.5 Å². The third kappa shape index (κ3) is 4.04. The van der Waals surface area contributed by atoms with Crippen LogP contribution >= 0.6 is 0 Å². The number of hydrogen-bond donors (Lipinski definition) is 2. The number of rotatable bonds is 5. The summed E-state index contributed by atoms with van der Waals surface area (Å²) in [6.45, 7) is 8.27. The molecule has 0 aliphatic carbocycles. The van der Waals surface area contributed by atoms with Gasteiger partial charge in [0.2, 0.25) is 0 Å². The Kier molecular flexibility index (Phi) is 5.35. The molecule has 2 N–H and O–H groups in total. The van der Waals surface area contributed by atoms with Gasteiger partial charge in [-0.25, -0.2) is 0 Å². The topological polar surface area (TPSA) is 57.4 Å². The Hall–Kier alpha value is -2.79. The van der Waals surface area contributed by atoms with Crippen LogP contribution in [0.1, 0.15) is 30.9 Å². The summed E-state index contributed by atoms with van der Waals surface area (Å²) in [6.07, 6.45) is 0. The highest BCUT2D eigenvalue weighted by Crippen LogP contribution is 2.21. The molecule has 0 atom stereocenters. The van der Waals surface area contributed by atoms with Crippen LogP contribution in [0.2, 0.25) is 0 Å². The standard InChI is InChI=1S/C23H27N3O2/c1-16(2)17-3-8-22-18(13-17)14-19(23(27)25-22)15-24-20-4-6-21(7-5-20)26-9-11-28-12-10-26/h3-8,13-14,16,24H,9-12,15H2,1-2H3,(H,25,27). The van der Waals surface area contributed by atoms with Crippen LogP contribution in [0, 0.1) is 0 Å². The maximum Gasteiger partial charge on any atom is 0.253 e.